The number of aromatic nitrogens is 12. The topological polar surface area (TPSA) is 163 Å². The molecule has 0 saturated carbocycles. The fourth-order valence-corrected chi connectivity index (χ4v) is 2.07. The lowest BCUT2D eigenvalue weighted by Gasteiger charge is -1.80. The molecule has 0 fully saturated rings. The molecule has 6 rings (SSSR count). The quantitative estimate of drug-likeness (QED) is 0.359. The van der Waals surface area contributed by atoms with Crippen molar-refractivity contribution in [3.63, 3.8) is 0 Å². The third kappa shape index (κ3) is 3.84. The summed E-state index contributed by atoms with van der Waals surface area (Å²) in [6.07, 6.45) is 14.2. The normalized spacial score (nSPS) is 10.2. The first-order valence-electron chi connectivity index (χ1n) is 7.67. The zero-order valence-electron chi connectivity index (χ0n) is 13.7. The fraction of sp³-hybridized carbons (Fsp3) is 0. The van der Waals surface area contributed by atoms with Crippen LogP contribution in [0, 0.1) is 0 Å². The second-order valence-electron chi connectivity index (χ2n) is 4.98. The number of aromatic amines is 3. The van der Waals surface area contributed by atoms with Crippen LogP contribution in [0.25, 0.3) is 33.5 Å². The highest BCUT2D eigenvalue weighted by molar-refractivity contribution is 5.68. The number of fused-ring (bicyclic) bond motifs is 3. The molecule has 6 heterocycles. The van der Waals surface area contributed by atoms with Gasteiger partial charge in [-0.2, -0.15) is 0 Å². The molecule has 0 bridgehead atoms. The zero-order valence-corrected chi connectivity index (χ0v) is 13.7. The largest absolute Gasteiger partial charge is 0.329 e. The minimum absolute atomic E-state index is 0.782. The van der Waals surface area contributed by atoms with Gasteiger partial charge in [-0.3, -0.25) is 0 Å². The number of H-pyrrole nitrogens is 3. The predicted molar refractivity (Wildman–Crippen MR) is 95.1 cm³/mol. The van der Waals surface area contributed by atoms with E-state index in [-0.39, 0.29) is 0 Å². The Hall–Kier alpha value is -4.35. The highest BCUT2D eigenvalue weighted by Gasteiger charge is 1.92. The molecule has 12 nitrogen and oxygen atoms in total. The van der Waals surface area contributed by atoms with Crippen molar-refractivity contribution in [2.45, 2.75) is 0 Å². The van der Waals surface area contributed by atoms with E-state index in [4.69, 9.17) is 0 Å². The van der Waals surface area contributed by atoms with Gasteiger partial charge in [0, 0.05) is 0 Å². The smallest absolute Gasteiger partial charge is 0.160 e. The molecular formula is C15H12N12. The Morgan fingerprint density at radius 2 is 0.778 bits per heavy atom. The molecule has 0 saturated heterocycles. The number of rotatable bonds is 0. The monoisotopic (exact) mass is 360 g/mol. The van der Waals surface area contributed by atoms with Gasteiger partial charge in [0.1, 0.15) is 35.5 Å². The predicted octanol–water partition coefficient (Wildman–Crippen LogP) is 1.06. The lowest BCUT2D eigenvalue weighted by Crippen LogP contribution is -1.76. The molecule has 0 atom stereocenters. The van der Waals surface area contributed by atoms with Crippen LogP contribution in [-0.2, 0) is 0 Å². The van der Waals surface area contributed by atoms with Crippen molar-refractivity contribution >= 4 is 33.5 Å². The van der Waals surface area contributed by atoms with E-state index < -0.39 is 0 Å². The van der Waals surface area contributed by atoms with Crippen LogP contribution in [0.4, 0.5) is 0 Å². The van der Waals surface area contributed by atoms with E-state index in [2.05, 4.69) is 59.8 Å². The Labute approximate surface area is 150 Å². The van der Waals surface area contributed by atoms with Gasteiger partial charge < -0.3 is 15.0 Å². The van der Waals surface area contributed by atoms with Gasteiger partial charge in [0.2, 0.25) is 0 Å². The van der Waals surface area contributed by atoms with Crippen LogP contribution in [-0.4, -0.2) is 59.8 Å². The maximum atomic E-state index is 3.94. The summed E-state index contributed by atoms with van der Waals surface area (Å²) in [5.74, 6) is 0. The van der Waals surface area contributed by atoms with E-state index in [0.717, 1.165) is 33.5 Å². The molecule has 0 amide bonds. The van der Waals surface area contributed by atoms with Crippen LogP contribution in [0.2, 0.25) is 0 Å². The van der Waals surface area contributed by atoms with Crippen LogP contribution in [0.5, 0.6) is 0 Å². The van der Waals surface area contributed by atoms with Gasteiger partial charge in [-0.15, -0.1) is 0 Å². The minimum atomic E-state index is 0.782. The molecule has 3 N–H and O–H groups in total. The molecule has 0 unspecified atom stereocenters. The average molecular weight is 360 g/mol. The molecule has 132 valence electrons. The Bertz CT molecular complexity index is 1010. The molecule has 0 radical (unpaired) electrons. The SMILES string of the molecule is c1ncc2nc[nH]c2n1.c1ncc2nc[nH]c2n1.c1ncc2nc[nH]c2n1. The van der Waals surface area contributed by atoms with Crippen LogP contribution < -0.4 is 0 Å². The number of hydrogen-bond acceptors (Lipinski definition) is 9. The second kappa shape index (κ2) is 7.69. The first-order valence-corrected chi connectivity index (χ1v) is 7.67. The Kier molecular flexibility index (Phi) is 4.60. The van der Waals surface area contributed by atoms with Crippen molar-refractivity contribution in [2.24, 2.45) is 0 Å². The van der Waals surface area contributed by atoms with E-state index in [1.54, 1.807) is 37.6 Å². The fourth-order valence-electron chi connectivity index (χ4n) is 2.07. The Morgan fingerprint density at radius 3 is 1.07 bits per heavy atom. The van der Waals surface area contributed by atoms with E-state index in [9.17, 15) is 0 Å². The van der Waals surface area contributed by atoms with Crippen LogP contribution in [0.3, 0.4) is 0 Å². The summed E-state index contributed by atoms with van der Waals surface area (Å²) >= 11 is 0. The van der Waals surface area contributed by atoms with Crippen molar-refractivity contribution in [2.75, 3.05) is 0 Å². The summed E-state index contributed by atoms with van der Waals surface area (Å²) in [6, 6.07) is 0. The molecule has 0 aliphatic rings. The van der Waals surface area contributed by atoms with Gasteiger partial charge in [0.15, 0.2) is 16.9 Å². The summed E-state index contributed by atoms with van der Waals surface area (Å²) in [5, 5.41) is 0. The van der Waals surface area contributed by atoms with Gasteiger partial charge in [-0.05, 0) is 0 Å². The first-order chi connectivity index (χ1) is 13.4. The van der Waals surface area contributed by atoms with Crippen molar-refractivity contribution in [1.82, 2.24) is 59.8 Å². The van der Waals surface area contributed by atoms with E-state index in [0.29, 0.717) is 0 Å². The van der Waals surface area contributed by atoms with Gasteiger partial charge >= 0.3 is 0 Å². The Morgan fingerprint density at radius 1 is 0.444 bits per heavy atom. The van der Waals surface area contributed by atoms with Crippen molar-refractivity contribution < 1.29 is 0 Å². The van der Waals surface area contributed by atoms with Crippen LogP contribution >= 0.6 is 0 Å². The van der Waals surface area contributed by atoms with Crippen molar-refractivity contribution in [3.8, 4) is 0 Å². The Balaban J connectivity index is 0.0000001000. The average Bonchev–Trinajstić information content (AvgIpc) is 3.48. The third-order valence-corrected chi connectivity index (χ3v) is 3.29. The minimum Gasteiger partial charge on any atom is -0.329 e. The summed E-state index contributed by atoms with van der Waals surface area (Å²) in [6.45, 7) is 0. The van der Waals surface area contributed by atoms with Gasteiger partial charge in [0.25, 0.3) is 0 Å². The van der Waals surface area contributed by atoms with Gasteiger partial charge in [-0.1, -0.05) is 0 Å². The molecule has 27 heavy (non-hydrogen) atoms. The van der Waals surface area contributed by atoms with Crippen molar-refractivity contribution in [1.29, 1.82) is 0 Å². The summed E-state index contributed by atoms with van der Waals surface area (Å²) in [4.78, 5) is 43.5. The van der Waals surface area contributed by atoms with Crippen LogP contribution in [0.15, 0.2) is 56.6 Å². The maximum absolute atomic E-state index is 3.94. The molecule has 0 aromatic carbocycles. The third-order valence-electron chi connectivity index (χ3n) is 3.29. The van der Waals surface area contributed by atoms with Crippen molar-refractivity contribution in [3.05, 3.63) is 56.6 Å². The molecule has 0 spiro atoms. The van der Waals surface area contributed by atoms with Gasteiger partial charge in [-0.25, -0.2) is 44.9 Å². The lowest BCUT2D eigenvalue weighted by atomic mass is 10.6. The zero-order chi connectivity index (χ0) is 18.3. The van der Waals surface area contributed by atoms with Crippen LogP contribution in [0.1, 0.15) is 0 Å². The first kappa shape index (κ1) is 16.1. The highest BCUT2D eigenvalue weighted by atomic mass is 15.0. The van der Waals surface area contributed by atoms with E-state index in [1.807, 2.05) is 0 Å². The number of hydrogen-bond donors (Lipinski definition) is 3. The highest BCUT2D eigenvalue weighted by Crippen LogP contribution is 2.00. The molecule has 6 aromatic heterocycles. The number of nitrogens with zero attached hydrogens (tertiary/aromatic N) is 9. The van der Waals surface area contributed by atoms with E-state index in [1.165, 1.54) is 19.0 Å². The summed E-state index contributed by atoms with van der Waals surface area (Å²) in [5.41, 5.74) is 4.76. The molecule has 0 aliphatic heterocycles. The molecule has 6 aromatic rings. The molecule has 12 heteroatoms. The second-order valence-corrected chi connectivity index (χ2v) is 4.98. The van der Waals surface area contributed by atoms with Gasteiger partial charge in [0.05, 0.1) is 37.6 Å². The number of nitrogens with one attached hydrogen (secondary N) is 3. The van der Waals surface area contributed by atoms with E-state index >= 15 is 0 Å². The summed E-state index contributed by atoms with van der Waals surface area (Å²) in [7, 11) is 0. The lowest BCUT2D eigenvalue weighted by molar-refractivity contribution is 1.20. The maximum Gasteiger partial charge on any atom is 0.160 e. The molecule has 0 aliphatic carbocycles. The standard InChI is InChI=1S/3C5H4N4/c3*1-4-5(8-2-6-1)9-3-7-4/h3*1-3H,(H,6,7,8,9). The molecular weight excluding hydrogens is 348 g/mol. The number of imidazole rings is 3. The summed E-state index contributed by atoms with van der Waals surface area (Å²) < 4.78 is 0.